The van der Waals surface area contributed by atoms with Crippen LogP contribution in [0.2, 0.25) is 0 Å². The number of nitrogens with zero attached hydrogens (tertiary/aromatic N) is 1. The van der Waals surface area contributed by atoms with Crippen LogP contribution in [0.5, 0.6) is 0 Å². The number of hydrogen-bond donors (Lipinski definition) is 0. The SMILES string of the molecule is CC(=O)N1C[C@H]2C[C@@]1(C)CCC2=O. The van der Waals surface area contributed by atoms with Gasteiger partial charge >= 0.3 is 0 Å². The molecule has 1 saturated carbocycles. The lowest BCUT2D eigenvalue weighted by molar-refractivity contribution is -0.132. The third-order valence-corrected chi connectivity index (χ3v) is 3.49. The van der Waals surface area contributed by atoms with Crippen molar-refractivity contribution in [3.8, 4) is 0 Å². The third kappa shape index (κ3) is 1.18. The topological polar surface area (TPSA) is 37.4 Å². The highest BCUT2D eigenvalue weighted by Gasteiger charge is 2.48. The molecule has 2 rings (SSSR count). The minimum absolute atomic E-state index is 0.0234. The van der Waals surface area contributed by atoms with Crippen molar-refractivity contribution in [3.05, 3.63) is 0 Å². The summed E-state index contributed by atoms with van der Waals surface area (Å²) in [7, 11) is 0. The van der Waals surface area contributed by atoms with Crippen molar-refractivity contribution >= 4 is 11.7 Å². The first kappa shape index (κ1) is 8.73. The Kier molecular flexibility index (Phi) is 1.72. The summed E-state index contributed by atoms with van der Waals surface area (Å²) in [6, 6.07) is 0. The van der Waals surface area contributed by atoms with Gasteiger partial charge in [-0.2, -0.15) is 0 Å². The van der Waals surface area contributed by atoms with Gasteiger partial charge < -0.3 is 4.90 Å². The minimum Gasteiger partial charge on any atom is -0.337 e. The first-order valence-corrected chi connectivity index (χ1v) is 4.84. The minimum atomic E-state index is -0.0234. The van der Waals surface area contributed by atoms with Crippen molar-refractivity contribution < 1.29 is 9.59 Å². The lowest BCUT2D eigenvalue weighted by Crippen LogP contribution is -2.44. The largest absolute Gasteiger partial charge is 0.337 e. The third-order valence-electron chi connectivity index (χ3n) is 3.49. The number of carbonyl (C=O) groups is 2. The molecule has 0 radical (unpaired) electrons. The highest BCUT2D eigenvalue weighted by atomic mass is 16.2. The predicted molar refractivity (Wildman–Crippen MR) is 48.1 cm³/mol. The Labute approximate surface area is 78.1 Å². The van der Waals surface area contributed by atoms with E-state index in [-0.39, 0.29) is 17.4 Å². The molecule has 2 bridgehead atoms. The highest BCUT2D eigenvalue weighted by molar-refractivity contribution is 5.85. The summed E-state index contributed by atoms with van der Waals surface area (Å²) in [5, 5.41) is 0. The summed E-state index contributed by atoms with van der Waals surface area (Å²) in [6.45, 7) is 4.35. The van der Waals surface area contributed by atoms with Crippen molar-refractivity contribution in [1.82, 2.24) is 4.90 Å². The van der Waals surface area contributed by atoms with E-state index in [1.165, 1.54) is 0 Å². The van der Waals surface area contributed by atoms with Crippen LogP contribution in [0.3, 0.4) is 0 Å². The Morgan fingerprint density at radius 1 is 1.62 bits per heavy atom. The Morgan fingerprint density at radius 2 is 2.31 bits per heavy atom. The van der Waals surface area contributed by atoms with Crippen LogP contribution in [0.1, 0.15) is 33.1 Å². The smallest absolute Gasteiger partial charge is 0.219 e. The van der Waals surface area contributed by atoms with E-state index >= 15 is 0 Å². The number of fused-ring (bicyclic) bond motifs is 2. The van der Waals surface area contributed by atoms with Crippen molar-refractivity contribution in [2.75, 3.05) is 6.54 Å². The molecule has 1 aliphatic carbocycles. The molecule has 2 atom stereocenters. The number of Topliss-reactive ketones (excluding diaryl/α,β-unsaturated/α-hetero) is 1. The Hall–Kier alpha value is -0.860. The maximum atomic E-state index is 11.4. The van der Waals surface area contributed by atoms with Crippen LogP contribution >= 0.6 is 0 Å². The fraction of sp³-hybridized carbons (Fsp3) is 0.800. The maximum absolute atomic E-state index is 11.4. The fourth-order valence-electron chi connectivity index (χ4n) is 2.70. The molecule has 0 spiro atoms. The normalized spacial score (nSPS) is 38.2. The molecule has 3 heteroatoms. The lowest BCUT2D eigenvalue weighted by atomic mass is 9.80. The van der Waals surface area contributed by atoms with Crippen LogP contribution in [-0.2, 0) is 9.59 Å². The summed E-state index contributed by atoms with van der Waals surface area (Å²) in [5.74, 6) is 0.587. The van der Waals surface area contributed by atoms with Crippen LogP contribution in [0, 0.1) is 5.92 Å². The number of likely N-dealkylation sites (tertiary alicyclic amines) is 1. The number of carbonyl (C=O) groups excluding carboxylic acids is 2. The first-order chi connectivity index (χ1) is 6.03. The van der Waals surface area contributed by atoms with Crippen LogP contribution < -0.4 is 0 Å². The number of ketones is 1. The number of amides is 1. The lowest BCUT2D eigenvalue weighted by Gasteiger charge is -2.35. The van der Waals surface area contributed by atoms with Gasteiger partial charge in [0.05, 0.1) is 0 Å². The van der Waals surface area contributed by atoms with E-state index in [2.05, 4.69) is 6.92 Å². The van der Waals surface area contributed by atoms with Crippen molar-refractivity contribution in [2.45, 2.75) is 38.6 Å². The van der Waals surface area contributed by atoms with Gasteiger partial charge in [0.25, 0.3) is 0 Å². The standard InChI is InChI=1S/C10H15NO2/c1-7(12)11-6-8-5-10(11,2)4-3-9(8)13/h8H,3-6H2,1-2H3/t8-,10-/m1/s1. The van der Waals surface area contributed by atoms with Crippen molar-refractivity contribution in [1.29, 1.82) is 0 Å². The zero-order valence-corrected chi connectivity index (χ0v) is 8.17. The van der Waals surface area contributed by atoms with Crippen molar-refractivity contribution in [2.24, 2.45) is 5.92 Å². The van der Waals surface area contributed by atoms with Gasteiger partial charge in [0.15, 0.2) is 0 Å². The summed E-state index contributed by atoms with van der Waals surface area (Å²) in [6.07, 6.45) is 2.39. The van der Waals surface area contributed by atoms with Gasteiger partial charge in [-0.3, -0.25) is 9.59 Å². The molecule has 2 aliphatic rings. The number of hydrogen-bond acceptors (Lipinski definition) is 2. The molecule has 1 aliphatic heterocycles. The molecule has 0 N–H and O–H groups in total. The molecule has 3 nitrogen and oxygen atoms in total. The zero-order valence-electron chi connectivity index (χ0n) is 8.17. The summed E-state index contributed by atoms with van der Waals surface area (Å²) >= 11 is 0. The monoisotopic (exact) mass is 181 g/mol. The predicted octanol–water partition coefficient (Wildman–Crippen LogP) is 0.976. The second-order valence-corrected chi connectivity index (χ2v) is 4.49. The van der Waals surface area contributed by atoms with Gasteiger partial charge in [0.1, 0.15) is 5.78 Å². The highest BCUT2D eigenvalue weighted by Crippen LogP contribution is 2.41. The molecule has 2 fully saturated rings. The Balaban J connectivity index is 2.27. The quantitative estimate of drug-likeness (QED) is 0.558. The second kappa shape index (κ2) is 2.56. The Morgan fingerprint density at radius 3 is 2.85 bits per heavy atom. The van der Waals surface area contributed by atoms with Crippen molar-refractivity contribution in [3.63, 3.8) is 0 Å². The van der Waals surface area contributed by atoms with E-state index < -0.39 is 0 Å². The van der Waals surface area contributed by atoms with Gasteiger partial charge in [-0.15, -0.1) is 0 Å². The molecule has 72 valence electrons. The van der Waals surface area contributed by atoms with Gasteiger partial charge in [-0.25, -0.2) is 0 Å². The van der Waals surface area contributed by atoms with Gasteiger partial charge in [0, 0.05) is 31.3 Å². The molecule has 0 aromatic heterocycles. The molecular formula is C10H15NO2. The maximum Gasteiger partial charge on any atom is 0.219 e. The first-order valence-electron chi connectivity index (χ1n) is 4.84. The molecule has 0 aromatic carbocycles. The second-order valence-electron chi connectivity index (χ2n) is 4.49. The van der Waals surface area contributed by atoms with Gasteiger partial charge in [0.2, 0.25) is 5.91 Å². The van der Waals surface area contributed by atoms with E-state index in [0.717, 1.165) is 12.8 Å². The fourth-order valence-corrected chi connectivity index (χ4v) is 2.70. The Bertz CT molecular complexity index is 274. The van der Waals surface area contributed by atoms with E-state index in [1.807, 2.05) is 4.90 Å². The molecule has 13 heavy (non-hydrogen) atoms. The van der Waals surface area contributed by atoms with Gasteiger partial charge in [-0.05, 0) is 19.8 Å². The number of rotatable bonds is 0. The average molecular weight is 181 g/mol. The molecule has 0 unspecified atom stereocenters. The summed E-state index contributed by atoms with van der Waals surface area (Å²) in [4.78, 5) is 24.6. The molecule has 0 aromatic rings. The molecular weight excluding hydrogens is 166 g/mol. The van der Waals surface area contributed by atoms with E-state index in [9.17, 15) is 9.59 Å². The zero-order chi connectivity index (χ0) is 9.64. The van der Waals surface area contributed by atoms with Crippen LogP contribution in [-0.4, -0.2) is 28.7 Å². The summed E-state index contributed by atoms with van der Waals surface area (Å²) < 4.78 is 0. The molecule has 1 saturated heterocycles. The molecule has 1 heterocycles. The summed E-state index contributed by atoms with van der Waals surface area (Å²) in [5.41, 5.74) is -0.0234. The van der Waals surface area contributed by atoms with Crippen LogP contribution in [0.15, 0.2) is 0 Å². The van der Waals surface area contributed by atoms with Crippen LogP contribution in [0.4, 0.5) is 0 Å². The van der Waals surface area contributed by atoms with E-state index in [0.29, 0.717) is 18.7 Å². The molecule has 1 amide bonds. The van der Waals surface area contributed by atoms with Crippen LogP contribution in [0.25, 0.3) is 0 Å². The average Bonchev–Trinajstić information content (AvgIpc) is 2.34. The van der Waals surface area contributed by atoms with Gasteiger partial charge in [-0.1, -0.05) is 0 Å². The van der Waals surface area contributed by atoms with E-state index in [4.69, 9.17) is 0 Å². The van der Waals surface area contributed by atoms with E-state index in [1.54, 1.807) is 6.92 Å².